The van der Waals surface area contributed by atoms with E-state index in [0.717, 1.165) is 43.4 Å². The zero-order chi connectivity index (χ0) is 33.2. The second-order valence-corrected chi connectivity index (χ2v) is 12.8. The van der Waals surface area contributed by atoms with E-state index >= 15 is 0 Å². The number of halogens is 8. The van der Waals surface area contributed by atoms with Crippen molar-refractivity contribution in [1.82, 2.24) is 19.9 Å². The maximum atomic E-state index is 13.7. The number of nitrogens with zero attached hydrogens (tertiary/aromatic N) is 6. The minimum Gasteiger partial charge on any atom is -0.393 e. The van der Waals surface area contributed by atoms with Crippen molar-refractivity contribution < 1.29 is 31.4 Å². The summed E-state index contributed by atoms with van der Waals surface area (Å²) < 4.78 is 82.4. The maximum Gasteiger partial charge on any atom is 0.416 e. The molecule has 0 spiro atoms. The Bertz CT molecular complexity index is 1460. The molecule has 1 saturated heterocycles. The summed E-state index contributed by atoms with van der Waals surface area (Å²) in [4.78, 5) is 20.9. The molecule has 1 aromatic carbocycles. The van der Waals surface area contributed by atoms with E-state index in [1.54, 1.807) is 17.3 Å². The van der Waals surface area contributed by atoms with Crippen LogP contribution in [0.5, 0.6) is 0 Å². The van der Waals surface area contributed by atoms with Crippen molar-refractivity contribution in [2.75, 3.05) is 16.3 Å². The number of aliphatic hydroxyl groups excluding tert-OH is 1. The summed E-state index contributed by atoms with van der Waals surface area (Å²) in [7, 11) is 0. The van der Waals surface area contributed by atoms with Crippen molar-refractivity contribution in [3.63, 3.8) is 0 Å². The van der Waals surface area contributed by atoms with Crippen LogP contribution >= 0.6 is 23.2 Å². The summed E-state index contributed by atoms with van der Waals surface area (Å²) in [6, 6.07) is 1.04. The first-order chi connectivity index (χ1) is 21.7. The Kier molecular flexibility index (Phi) is 10.5. The van der Waals surface area contributed by atoms with Crippen molar-refractivity contribution in [3.05, 3.63) is 69.3 Å². The molecule has 15 heteroatoms. The first-order valence-electron chi connectivity index (χ1n) is 15.2. The first kappa shape index (κ1) is 34.4. The summed E-state index contributed by atoms with van der Waals surface area (Å²) >= 11 is 12.5. The van der Waals surface area contributed by atoms with Crippen molar-refractivity contribution in [3.8, 4) is 0 Å². The van der Waals surface area contributed by atoms with Gasteiger partial charge < -0.3 is 14.9 Å². The third-order valence-corrected chi connectivity index (χ3v) is 9.20. The standard InChI is InChI=1S/C31H34Cl2F6N6O/c1-2-23-12-24(17-44(23)27-26(32)15-40-28(33)43-27)45(16-19-8-21(30(34,35)36)11-22(9-19)31(37,38)39)29-41-13-20(14-42-29)7-18-5-3-4-6-25(46)10-18/h8-9,11,13-15,18,23-25,46H,2-7,10,12,16-17H2,1H3/t18?,23?,24?,25-/m0/s1. The van der Waals surface area contributed by atoms with Gasteiger partial charge in [-0.15, -0.1) is 0 Å². The maximum absolute atomic E-state index is 13.7. The lowest BCUT2D eigenvalue weighted by molar-refractivity contribution is -0.143. The second-order valence-electron chi connectivity index (χ2n) is 12.1. The van der Waals surface area contributed by atoms with E-state index in [1.807, 2.05) is 11.8 Å². The number of rotatable bonds is 8. The highest BCUT2D eigenvalue weighted by Gasteiger charge is 2.40. The SMILES string of the molecule is CCC1CC(N(Cc2cc(C(F)(F)F)cc(C(F)(F)F)c2)c2ncc(CC3CCCC[C@H](O)C3)cn2)CN1c1nc(Cl)ncc1Cl. The topological polar surface area (TPSA) is 78.3 Å². The van der Waals surface area contributed by atoms with E-state index in [2.05, 4.69) is 19.9 Å². The molecule has 3 heterocycles. The van der Waals surface area contributed by atoms with Gasteiger partial charge in [-0.05, 0) is 78.9 Å². The summed E-state index contributed by atoms with van der Waals surface area (Å²) in [6.45, 7) is 1.93. The Balaban J connectivity index is 1.50. The van der Waals surface area contributed by atoms with Crippen molar-refractivity contribution in [2.45, 2.75) is 95.4 Å². The van der Waals surface area contributed by atoms with Gasteiger partial charge in [-0.25, -0.2) is 15.0 Å². The van der Waals surface area contributed by atoms with E-state index in [0.29, 0.717) is 31.5 Å². The molecule has 1 N–H and O–H groups in total. The van der Waals surface area contributed by atoms with Gasteiger partial charge in [-0.3, -0.25) is 0 Å². The van der Waals surface area contributed by atoms with Crippen molar-refractivity contribution in [2.24, 2.45) is 5.92 Å². The molecule has 1 saturated carbocycles. The molecule has 1 aliphatic heterocycles. The Labute approximate surface area is 273 Å². The Morgan fingerprint density at radius 1 is 0.891 bits per heavy atom. The average molecular weight is 692 g/mol. The highest BCUT2D eigenvalue weighted by Crippen LogP contribution is 2.39. The van der Waals surface area contributed by atoms with Crippen LogP contribution in [0.1, 0.15) is 74.1 Å². The molecule has 46 heavy (non-hydrogen) atoms. The minimum absolute atomic E-state index is 0.0154. The van der Waals surface area contributed by atoms with Gasteiger partial charge in [0.15, 0.2) is 5.82 Å². The fraction of sp³-hybridized carbons (Fsp3) is 0.548. The van der Waals surface area contributed by atoms with Gasteiger partial charge in [-0.2, -0.15) is 31.3 Å². The molecular formula is C31H34Cl2F6N6O. The number of hydrogen-bond acceptors (Lipinski definition) is 7. The van der Waals surface area contributed by atoms with Gasteiger partial charge >= 0.3 is 12.4 Å². The van der Waals surface area contributed by atoms with Crippen LogP contribution in [0.25, 0.3) is 0 Å². The zero-order valence-corrected chi connectivity index (χ0v) is 26.5. The number of hydrogen-bond donors (Lipinski definition) is 1. The smallest absolute Gasteiger partial charge is 0.393 e. The van der Waals surface area contributed by atoms with Crippen LogP contribution in [-0.4, -0.2) is 49.8 Å². The molecule has 250 valence electrons. The van der Waals surface area contributed by atoms with E-state index in [1.165, 1.54) is 6.20 Å². The highest BCUT2D eigenvalue weighted by molar-refractivity contribution is 6.33. The zero-order valence-electron chi connectivity index (χ0n) is 25.0. The predicted octanol–water partition coefficient (Wildman–Crippen LogP) is 8.16. The lowest BCUT2D eigenvalue weighted by Crippen LogP contribution is -2.39. The normalized spacial score (nSPS) is 22.6. The molecule has 4 atom stereocenters. The molecule has 2 fully saturated rings. The molecule has 3 unspecified atom stereocenters. The van der Waals surface area contributed by atoms with E-state index in [-0.39, 0.29) is 59.0 Å². The van der Waals surface area contributed by atoms with E-state index in [9.17, 15) is 31.4 Å². The monoisotopic (exact) mass is 690 g/mol. The fourth-order valence-corrected chi connectivity index (χ4v) is 6.86. The second kappa shape index (κ2) is 14.1. The summed E-state index contributed by atoms with van der Waals surface area (Å²) in [5.41, 5.74) is -2.12. The highest BCUT2D eigenvalue weighted by atomic mass is 35.5. The fourth-order valence-electron chi connectivity index (χ4n) is 6.53. The molecule has 5 rings (SSSR count). The number of alkyl halides is 6. The van der Waals surface area contributed by atoms with Crippen LogP contribution in [0.3, 0.4) is 0 Å². The van der Waals surface area contributed by atoms with Gasteiger partial charge in [0.05, 0.1) is 29.5 Å². The van der Waals surface area contributed by atoms with Crippen molar-refractivity contribution in [1.29, 1.82) is 0 Å². The van der Waals surface area contributed by atoms with Crippen LogP contribution in [-0.2, 0) is 25.3 Å². The third kappa shape index (κ3) is 8.32. The largest absolute Gasteiger partial charge is 0.416 e. The van der Waals surface area contributed by atoms with Crippen LogP contribution in [0.15, 0.2) is 36.8 Å². The molecule has 7 nitrogen and oxygen atoms in total. The molecular weight excluding hydrogens is 657 g/mol. The summed E-state index contributed by atoms with van der Waals surface area (Å²) in [5, 5.41) is 10.5. The number of aromatic nitrogens is 4. The van der Waals surface area contributed by atoms with Crippen LogP contribution in [0, 0.1) is 5.92 Å². The molecule has 3 aromatic rings. The molecule has 2 aliphatic rings. The van der Waals surface area contributed by atoms with Gasteiger partial charge in [0.25, 0.3) is 0 Å². The van der Waals surface area contributed by atoms with Gasteiger partial charge in [0, 0.05) is 31.5 Å². The van der Waals surface area contributed by atoms with Crippen LogP contribution in [0.2, 0.25) is 10.3 Å². The summed E-state index contributed by atoms with van der Waals surface area (Å²) in [5.74, 6) is 0.812. The molecule has 0 amide bonds. The number of aliphatic hydroxyl groups is 1. The summed E-state index contributed by atoms with van der Waals surface area (Å²) in [6.07, 6.45) is 0.533. The molecule has 0 bridgehead atoms. The van der Waals surface area contributed by atoms with Gasteiger partial charge in [0.2, 0.25) is 11.2 Å². The minimum atomic E-state index is -4.98. The molecule has 1 aliphatic carbocycles. The number of benzene rings is 1. The third-order valence-electron chi connectivity index (χ3n) is 8.75. The quantitative estimate of drug-likeness (QED) is 0.145. The van der Waals surface area contributed by atoms with Crippen molar-refractivity contribution >= 4 is 35.0 Å². The van der Waals surface area contributed by atoms with Crippen LogP contribution < -0.4 is 9.80 Å². The first-order valence-corrected chi connectivity index (χ1v) is 16.0. The number of anilines is 2. The average Bonchev–Trinajstić information content (AvgIpc) is 3.31. The van der Waals surface area contributed by atoms with Crippen LogP contribution in [0.4, 0.5) is 38.1 Å². The van der Waals surface area contributed by atoms with Gasteiger partial charge in [-0.1, -0.05) is 37.8 Å². The Hall–Kier alpha value is -2.90. The van der Waals surface area contributed by atoms with Gasteiger partial charge in [0.1, 0.15) is 5.02 Å². The molecule has 2 aromatic heterocycles. The molecule has 0 radical (unpaired) electrons. The Morgan fingerprint density at radius 3 is 2.17 bits per heavy atom. The lowest BCUT2D eigenvalue weighted by Gasteiger charge is -2.30. The van der Waals surface area contributed by atoms with E-state index in [4.69, 9.17) is 23.2 Å². The predicted molar refractivity (Wildman–Crippen MR) is 163 cm³/mol. The Morgan fingerprint density at radius 2 is 1.54 bits per heavy atom. The van der Waals surface area contributed by atoms with E-state index < -0.39 is 29.5 Å². The lowest BCUT2D eigenvalue weighted by atomic mass is 9.93.